The zero-order valence-corrected chi connectivity index (χ0v) is 9.90. The number of carbonyl (C=O) groups is 1. The summed E-state index contributed by atoms with van der Waals surface area (Å²) in [5.74, 6) is -0.638. The summed E-state index contributed by atoms with van der Waals surface area (Å²) in [7, 11) is 0. The van der Waals surface area contributed by atoms with Crippen molar-refractivity contribution in [1.82, 2.24) is 0 Å². The number of nitrogens with two attached hydrogens (primary N) is 1. The molecule has 0 radical (unpaired) electrons. The number of hydrogen-bond donors (Lipinski definition) is 2. The average molecular weight is 279 g/mol. The Morgan fingerprint density at radius 2 is 2.00 bits per heavy atom. The first kappa shape index (κ1) is 13.2. The molecule has 18 heavy (non-hydrogen) atoms. The highest BCUT2D eigenvalue weighted by atomic mass is 35.5. The molecule has 7 heteroatoms. The molecule has 3 N–H and O–H groups in total. The fraction of sp³-hybridized carbons (Fsp3) is 0.364. The highest BCUT2D eigenvalue weighted by Crippen LogP contribution is 2.40. The molecule has 98 valence electrons. The number of halogens is 4. The van der Waals surface area contributed by atoms with E-state index >= 15 is 0 Å². The van der Waals surface area contributed by atoms with Gasteiger partial charge in [0.15, 0.2) is 0 Å². The number of carbonyl (C=O) groups excluding carboxylic acids is 1. The summed E-state index contributed by atoms with van der Waals surface area (Å²) in [5.41, 5.74) is 3.14. The molecule has 1 aliphatic carbocycles. The van der Waals surface area contributed by atoms with E-state index in [2.05, 4.69) is 5.32 Å². The van der Waals surface area contributed by atoms with Crippen LogP contribution in [-0.4, -0.2) is 11.4 Å². The van der Waals surface area contributed by atoms with Gasteiger partial charge in [-0.25, -0.2) is 0 Å². The topological polar surface area (TPSA) is 55.1 Å². The summed E-state index contributed by atoms with van der Waals surface area (Å²) in [4.78, 5) is 11.7. The molecule has 0 unspecified atom stereocenters. The second kappa shape index (κ2) is 4.13. The Morgan fingerprint density at radius 1 is 1.39 bits per heavy atom. The predicted molar refractivity (Wildman–Crippen MR) is 61.2 cm³/mol. The minimum atomic E-state index is -4.58. The molecular formula is C11H10ClF3N2O. The van der Waals surface area contributed by atoms with Gasteiger partial charge in [-0.1, -0.05) is 17.7 Å². The zero-order chi connectivity index (χ0) is 13.6. The molecule has 1 saturated carbocycles. The van der Waals surface area contributed by atoms with Gasteiger partial charge in [0.2, 0.25) is 5.91 Å². The number of nitrogens with one attached hydrogen (secondary N) is 1. The van der Waals surface area contributed by atoms with Crippen LogP contribution < -0.4 is 11.1 Å². The lowest BCUT2D eigenvalue weighted by Crippen LogP contribution is -2.38. The van der Waals surface area contributed by atoms with E-state index in [4.69, 9.17) is 17.3 Å². The third-order valence-corrected chi connectivity index (χ3v) is 3.11. The van der Waals surface area contributed by atoms with Crippen LogP contribution >= 0.6 is 11.6 Å². The van der Waals surface area contributed by atoms with Gasteiger partial charge in [0.25, 0.3) is 0 Å². The van der Waals surface area contributed by atoms with Crippen LogP contribution in [0.2, 0.25) is 5.02 Å². The summed E-state index contributed by atoms with van der Waals surface area (Å²) in [6.07, 6.45) is -3.66. The third-order valence-electron chi connectivity index (χ3n) is 2.80. The predicted octanol–water partition coefficient (Wildman–Crippen LogP) is 2.79. The van der Waals surface area contributed by atoms with Gasteiger partial charge in [0, 0.05) is 0 Å². The summed E-state index contributed by atoms with van der Waals surface area (Å²) < 4.78 is 38.2. The molecule has 2 rings (SSSR count). The summed E-state index contributed by atoms with van der Waals surface area (Å²) in [6.45, 7) is 0. The number of benzene rings is 1. The SMILES string of the molecule is NC1(C(=O)Nc2c(Cl)cccc2C(F)(F)F)CC1. The number of para-hydroxylation sites is 1. The Morgan fingerprint density at radius 3 is 2.50 bits per heavy atom. The second-order valence-electron chi connectivity index (χ2n) is 4.27. The normalized spacial score (nSPS) is 17.4. The maximum Gasteiger partial charge on any atom is 0.418 e. The van der Waals surface area contributed by atoms with Crippen molar-refractivity contribution in [1.29, 1.82) is 0 Å². The zero-order valence-electron chi connectivity index (χ0n) is 9.14. The Hall–Kier alpha value is -1.27. The fourth-order valence-corrected chi connectivity index (χ4v) is 1.71. The number of alkyl halides is 3. The molecule has 1 fully saturated rings. The molecule has 0 heterocycles. The van der Waals surface area contributed by atoms with E-state index in [0.29, 0.717) is 12.8 Å². The van der Waals surface area contributed by atoms with E-state index in [-0.39, 0.29) is 5.02 Å². The van der Waals surface area contributed by atoms with E-state index in [1.54, 1.807) is 0 Å². The van der Waals surface area contributed by atoms with E-state index in [0.717, 1.165) is 6.07 Å². The van der Waals surface area contributed by atoms with Gasteiger partial charge in [-0.15, -0.1) is 0 Å². The largest absolute Gasteiger partial charge is 0.418 e. The van der Waals surface area contributed by atoms with Crippen LogP contribution in [0.5, 0.6) is 0 Å². The van der Waals surface area contributed by atoms with E-state index in [9.17, 15) is 18.0 Å². The number of anilines is 1. The van der Waals surface area contributed by atoms with Gasteiger partial charge in [0.05, 0.1) is 21.8 Å². The highest BCUT2D eigenvalue weighted by Gasteiger charge is 2.47. The molecule has 0 bridgehead atoms. The van der Waals surface area contributed by atoms with Crippen molar-refractivity contribution in [2.45, 2.75) is 24.6 Å². The van der Waals surface area contributed by atoms with Crippen molar-refractivity contribution < 1.29 is 18.0 Å². The minimum Gasteiger partial charge on any atom is -0.323 e. The van der Waals surface area contributed by atoms with Gasteiger partial charge < -0.3 is 11.1 Å². The Balaban J connectivity index is 2.34. The van der Waals surface area contributed by atoms with Gasteiger partial charge >= 0.3 is 6.18 Å². The van der Waals surface area contributed by atoms with Crippen molar-refractivity contribution in [3.63, 3.8) is 0 Å². The first-order valence-electron chi connectivity index (χ1n) is 5.20. The lowest BCUT2D eigenvalue weighted by molar-refractivity contribution is -0.137. The summed E-state index contributed by atoms with van der Waals surface area (Å²) in [5, 5.41) is 2.01. The van der Waals surface area contributed by atoms with Crippen LogP contribution in [0.15, 0.2) is 18.2 Å². The van der Waals surface area contributed by atoms with Crippen LogP contribution in [0.1, 0.15) is 18.4 Å². The Labute approximate surface area is 106 Å². The second-order valence-corrected chi connectivity index (χ2v) is 4.68. The lowest BCUT2D eigenvalue weighted by atomic mass is 10.1. The molecule has 0 saturated heterocycles. The molecule has 1 aromatic rings. The van der Waals surface area contributed by atoms with Crippen LogP contribution in [0, 0.1) is 0 Å². The van der Waals surface area contributed by atoms with Gasteiger partial charge in [-0.05, 0) is 25.0 Å². The van der Waals surface area contributed by atoms with Crippen molar-refractivity contribution >= 4 is 23.2 Å². The standard InChI is InChI=1S/C11H10ClF3N2O/c12-7-3-1-2-6(11(13,14)15)8(7)17-9(18)10(16)4-5-10/h1-3H,4-5,16H2,(H,17,18). The van der Waals surface area contributed by atoms with Gasteiger partial charge in [-0.2, -0.15) is 13.2 Å². The van der Waals surface area contributed by atoms with Crippen LogP contribution in [0.25, 0.3) is 0 Å². The van der Waals surface area contributed by atoms with Crippen LogP contribution in [0.3, 0.4) is 0 Å². The van der Waals surface area contributed by atoms with Crippen molar-refractivity contribution in [3.8, 4) is 0 Å². The third kappa shape index (κ3) is 2.44. The molecule has 1 aromatic carbocycles. The van der Waals surface area contributed by atoms with Gasteiger partial charge in [-0.3, -0.25) is 4.79 Å². The number of rotatable bonds is 2. The van der Waals surface area contributed by atoms with E-state index in [1.807, 2.05) is 0 Å². The molecule has 3 nitrogen and oxygen atoms in total. The maximum absolute atomic E-state index is 12.7. The van der Waals surface area contributed by atoms with Crippen LogP contribution in [-0.2, 0) is 11.0 Å². The molecule has 0 aliphatic heterocycles. The first-order chi connectivity index (χ1) is 8.24. The van der Waals surface area contributed by atoms with Crippen LogP contribution in [0.4, 0.5) is 18.9 Å². The Bertz CT molecular complexity index is 498. The Kier molecular flexibility index (Phi) is 3.03. The molecule has 0 aromatic heterocycles. The molecule has 1 aliphatic rings. The number of hydrogen-bond acceptors (Lipinski definition) is 2. The first-order valence-corrected chi connectivity index (χ1v) is 5.58. The fourth-order valence-electron chi connectivity index (χ4n) is 1.49. The molecule has 1 amide bonds. The monoisotopic (exact) mass is 278 g/mol. The maximum atomic E-state index is 12.7. The average Bonchev–Trinajstić information content (AvgIpc) is 2.99. The smallest absolute Gasteiger partial charge is 0.323 e. The highest BCUT2D eigenvalue weighted by molar-refractivity contribution is 6.34. The van der Waals surface area contributed by atoms with E-state index in [1.165, 1.54) is 12.1 Å². The van der Waals surface area contributed by atoms with Crippen molar-refractivity contribution in [2.75, 3.05) is 5.32 Å². The minimum absolute atomic E-state index is 0.164. The number of amides is 1. The van der Waals surface area contributed by atoms with Crippen molar-refractivity contribution in [3.05, 3.63) is 28.8 Å². The van der Waals surface area contributed by atoms with Crippen molar-refractivity contribution in [2.24, 2.45) is 5.73 Å². The van der Waals surface area contributed by atoms with Gasteiger partial charge in [0.1, 0.15) is 0 Å². The quantitative estimate of drug-likeness (QED) is 0.874. The molecule has 0 atom stereocenters. The lowest BCUT2D eigenvalue weighted by Gasteiger charge is -2.17. The molecular weight excluding hydrogens is 269 g/mol. The van der Waals surface area contributed by atoms with E-state index < -0.39 is 28.9 Å². The summed E-state index contributed by atoms with van der Waals surface area (Å²) >= 11 is 5.69. The molecule has 0 spiro atoms. The summed E-state index contributed by atoms with van der Waals surface area (Å²) in [6, 6.07) is 3.32.